The fourth-order valence-corrected chi connectivity index (χ4v) is 3.78. The third-order valence-corrected chi connectivity index (χ3v) is 4.83. The maximum atomic E-state index is 11.3. The molecule has 0 bridgehead atoms. The van der Waals surface area contributed by atoms with E-state index in [2.05, 4.69) is 32.8 Å². The molecule has 1 aromatic carbocycles. The van der Waals surface area contributed by atoms with Crippen LogP contribution in [-0.2, 0) is 4.74 Å². The first-order chi connectivity index (χ1) is 9.06. The van der Waals surface area contributed by atoms with E-state index in [1.807, 2.05) is 12.1 Å². The predicted molar refractivity (Wildman–Crippen MR) is 78.7 cm³/mol. The van der Waals surface area contributed by atoms with Crippen LogP contribution in [0.2, 0.25) is 0 Å². The van der Waals surface area contributed by atoms with Gasteiger partial charge in [-0.1, -0.05) is 22.9 Å². The zero-order valence-electron chi connectivity index (χ0n) is 10.4. The number of fused-ring (bicyclic) bond motifs is 1. The van der Waals surface area contributed by atoms with E-state index < -0.39 is 0 Å². The number of hydrogen-bond acceptors (Lipinski definition) is 2. The Morgan fingerprint density at radius 2 is 2.11 bits per heavy atom. The van der Waals surface area contributed by atoms with Gasteiger partial charge in [-0.2, -0.15) is 0 Å². The molecule has 4 nitrogen and oxygen atoms in total. The predicted octanol–water partition coefficient (Wildman–Crippen LogP) is 3.32. The zero-order chi connectivity index (χ0) is 13.6. The summed E-state index contributed by atoms with van der Waals surface area (Å²) in [7, 11) is 0. The molecule has 2 heterocycles. The summed E-state index contributed by atoms with van der Waals surface area (Å²) in [6, 6.07) is 3.78. The molecule has 3 unspecified atom stereocenters. The topological polar surface area (TPSA) is 57.9 Å². The molecule has 1 aromatic heterocycles. The molecule has 3 rings (SSSR count). The van der Waals surface area contributed by atoms with Crippen LogP contribution in [0.25, 0.3) is 11.0 Å². The van der Waals surface area contributed by atoms with E-state index in [4.69, 9.17) is 16.3 Å². The van der Waals surface area contributed by atoms with Gasteiger partial charge in [-0.15, -0.1) is 11.6 Å². The van der Waals surface area contributed by atoms with E-state index in [-0.39, 0.29) is 17.2 Å². The number of nitrogens with one attached hydrogen (secondary N) is 2. The maximum absolute atomic E-state index is 11.3. The highest BCUT2D eigenvalue weighted by Crippen LogP contribution is 2.39. The minimum absolute atomic E-state index is 0.0149. The molecule has 19 heavy (non-hydrogen) atoms. The van der Waals surface area contributed by atoms with Crippen molar-refractivity contribution in [3.63, 3.8) is 0 Å². The molecule has 1 saturated heterocycles. The highest BCUT2D eigenvalue weighted by Gasteiger charge is 2.33. The largest absolute Gasteiger partial charge is 0.376 e. The lowest BCUT2D eigenvalue weighted by Gasteiger charge is -2.22. The molecule has 6 heteroatoms. The Labute approximate surface area is 123 Å². The molecule has 1 aliphatic heterocycles. The third kappa shape index (κ3) is 2.35. The summed E-state index contributed by atoms with van der Waals surface area (Å²) in [6.07, 6.45) is 1.05. The van der Waals surface area contributed by atoms with Crippen molar-refractivity contribution in [2.24, 2.45) is 5.92 Å². The highest BCUT2D eigenvalue weighted by molar-refractivity contribution is 9.10. The van der Waals surface area contributed by atoms with Gasteiger partial charge in [0.1, 0.15) is 0 Å². The van der Waals surface area contributed by atoms with Gasteiger partial charge < -0.3 is 14.7 Å². The number of rotatable bonds is 2. The Morgan fingerprint density at radius 3 is 2.74 bits per heavy atom. The van der Waals surface area contributed by atoms with Crippen LogP contribution in [0, 0.1) is 5.92 Å². The van der Waals surface area contributed by atoms with Crippen molar-refractivity contribution in [1.29, 1.82) is 0 Å². The normalized spacial score (nSPS) is 25.0. The van der Waals surface area contributed by atoms with Gasteiger partial charge in [0.25, 0.3) is 0 Å². The summed E-state index contributed by atoms with van der Waals surface area (Å²) in [5.41, 5.74) is 2.27. The molecule has 102 valence electrons. The van der Waals surface area contributed by atoms with Crippen LogP contribution in [0.15, 0.2) is 21.4 Å². The highest BCUT2D eigenvalue weighted by atomic mass is 79.9. The van der Waals surface area contributed by atoms with E-state index in [1.165, 1.54) is 0 Å². The Kier molecular flexibility index (Phi) is 3.45. The molecule has 0 radical (unpaired) electrons. The molecule has 1 aliphatic rings. The summed E-state index contributed by atoms with van der Waals surface area (Å²) in [4.78, 5) is 16.8. The second-order valence-electron chi connectivity index (χ2n) is 5.00. The fourth-order valence-electron chi connectivity index (χ4n) is 2.55. The summed E-state index contributed by atoms with van der Waals surface area (Å²) in [5, 5.41) is -0.227. The molecule has 2 N–H and O–H groups in total. The number of halogens is 2. The summed E-state index contributed by atoms with van der Waals surface area (Å²) < 4.78 is 6.61. The fraction of sp³-hybridized carbons (Fsp3) is 0.462. The summed E-state index contributed by atoms with van der Waals surface area (Å²) >= 11 is 10.1. The van der Waals surface area contributed by atoms with Crippen molar-refractivity contribution >= 4 is 38.6 Å². The number of imidazole rings is 1. The van der Waals surface area contributed by atoms with Gasteiger partial charge >= 0.3 is 5.69 Å². The number of H-pyrrole nitrogens is 2. The number of ether oxygens (including phenoxy) is 1. The Morgan fingerprint density at radius 1 is 1.42 bits per heavy atom. The first-order valence-electron chi connectivity index (χ1n) is 6.23. The Balaban J connectivity index is 2.03. The number of aromatic nitrogens is 2. The van der Waals surface area contributed by atoms with E-state index in [9.17, 15) is 4.79 Å². The summed E-state index contributed by atoms with van der Waals surface area (Å²) in [6.45, 7) is 2.91. The van der Waals surface area contributed by atoms with Gasteiger partial charge in [0, 0.05) is 11.1 Å². The molecule has 3 atom stereocenters. The average molecular weight is 346 g/mol. The quantitative estimate of drug-likeness (QED) is 0.820. The van der Waals surface area contributed by atoms with Crippen LogP contribution in [0.5, 0.6) is 0 Å². The standard InChI is InChI=1S/C13H14BrClN2O2/c1-6-2-3-19-12(6)11(15)7-4-9-10(5-8(7)14)17-13(18)16-9/h4-6,11-12H,2-3H2,1H3,(H2,16,17,18). The number of hydrogen-bond donors (Lipinski definition) is 2. The van der Waals surface area contributed by atoms with Crippen LogP contribution in [-0.4, -0.2) is 22.7 Å². The average Bonchev–Trinajstić information content (AvgIpc) is 2.92. The van der Waals surface area contributed by atoms with Gasteiger partial charge in [-0.3, -0.25) is 0 Å². The van der Waals surface area contributed by atoms with Gasteiger partial charge in [0.2, 0.25) is 0 Å². The Bertz CT molecular complexity index is 666. The molecule has 1 fully saturated rings. The minimum Gasteiger partial charge on any atom is -0.376 e. The second-order valence-corrected chi connectivity index (χ2v) is 6.33. The number of aromatic amines is 2. The van der Waals surface area contributed by atoms with Gasteiger partial charge in [0.05, 0.1) is 22.5 Å². The lowest BCUT2D eigenvalue weighted by atomic mass is 9.97. The molecule has 0 spiro atoms. The lowest BCUT2D eigenvalue weighted by molar-refractivity contribution is 0.0902. The molecule has 0 aliphatic carbocycles. The minimum atomic E-state index is -0.227. The van der Waals surface area contributed by atoms with Crippen molar-refractivity contribution in [1.82, 2.24) is 9.97 Å². The van der Waals surface area contributed by atoms with E-state index in [0.29, 0.717) is 5.92 Å². The van der Waals surface area contributed by atoms with Crippen molar-refractivity contribution in [2.75, 3.05) is 6.61 Å². The van der Waals surface area contributed by atoms with Crippen molar-refractivity contribution in [2.45, 2.75) is 24.8 Å². The van der Waals surface area contributed by atoms with Crippen molar-refractivity contribution < 1.29 is 4.74 Å². The monoisotopic (exact) mass is 344 g/mol. The molecular formula is C13H14BrClN2O2. The zero-order valence-corrected chi connectivity index (χ0v) is 12.7. The third-order valence-electron chi connectivity index (χ3n) is 3.66. The SMILES string of the molecule is CC1CCOC1C(Cl)c1cc2[nH]c(=O)[nH]c2cc1Br. The second kappa shape index (κ2) is 4.96. The van der Waals surface area contributed by atoms with Crippen LogP contribution in [0.3, 0.4) is 0 Å². The van der Waals surface area contributed by atoms with Crippen LogP contribution < -0.4 is 5.69 Å². The first-order valence-corrected chi connectivity index (χ1v) is 7.46. The number of alkyl halides is 1. The van der Waals surface area contributed by atoms with Gasteiger partial charge in [0.15, 0.2) is 0 Å². The van der Waals surface area contributed by atoms with Gasteiger partial charge in [-0.05, 0) is 30.0 Å². The molecule has 2 aromatic rings. The lowest BCUT2D eigenvalue weighted by Crippen LogP contribution is -2.19. The first kappa shape index (κ1) is 13.2. The smallest absolute Gasteiger partial charge is 0.323 e. The van der Waals surface area contributed by atoms with E-state index in [1.54, 1.807) is 0 Å². The van der Waals surface area contributed by atoms with E-state index >= 15 is 0 Å². The van der Waals surface area contributed by atoms with Gasteiger partial charge in [-0.25, -0.2) is 4.79 Å². The van der Waals surface area contributed by atoms with Crippen molar-refractivity contribution in [3.05, 3.63) is 32.7 Å². The molecular weight excluding hydrogens is 332 g/mol. The molecule has 0 amide bonds. The van der Waals surface area contributed by atoms with Crippen LogP contribution >= 0.6 is 27.5 Å². The maximum Gasteiger partial charge on any atom is 0.323 e. The number of benzene rings is 1. The van der Waals surface area contributed by atoms with Crippen molar-refractivity contribution in [3.8, 4) is 0 Å². The Hall–Kier alpha value is -0.780. The van der Waals surface area contributed by atoms with Crippen LogP contribution in [0.1, 0.15) is 24.3 Å². The summed E-state index contributed by atoms with van der Waals surface area (Å²) in [5.74, 6) is 0.440. The van der Waals surface area contributed by atoms with E-state index in [0.717, 1.165) is 34.1 Å². The molecule has 0 saturated carbocycles. The van der Waals surface area contributed by atoms with Crippen LogP contribution in [0.4, 0.5) is 0 Å².